The van der Waals surface area contributed by atoms with Crippen molar-refractivity contribution in [2.24, 2.45) is 5.92 Å². The van der Waals surface area contributed by atoms with Gasteiger partial charge in [-0.25, -0.2) is 9.37 Å². The van der Waals surface area contributed by atoms with Gasteiger partial charge < -0.3 is 19.4 Å². The summed E-state index contributed by atoms with van der Waals surface area (Å²) < 4.78 is 26.4. The Balaban J connectivity index is 1.28. The molecule has 10 nitrogen and oxygen atoms in total. The van der Waals surface area contributed by atoms with Gasteiger partial charge in [0.2, 0.25) is 11.8 Å². The normalized spacial score (nSPS) is 18.1. The standard InChI is InChI=1S/C33H32FN7O3S/c1-18-39-40-32(44-18)26-23(5-4-19-7-11-43-12-8-19)38-29-24-3-2-10-41(24)33(42)28(29)27(26)25-14-21-6-9-36-31(30(21)45-25)37-16-20-13-22(34)17-35-15-20/h6,9,13-15,17,19,24H,2-5,7-8,10-12,16H2,1H3,(H,36,37)/t24-/m1/s1. The summed E-state index contributed by atoms with van der Waals surface area (Å²) in [4.78, 5) is 30.8. The maximum atomic E-state index is 14.1. The number of halogens is 1. The first-order valence-electron chi connectivity index (χ1n) is 15.5. The van der Waals surface area contributed by atoms with Gasteiger partial charge in [0.15, 0.2) is 0 Å². The number of hydrogen-bond donors (Lipinski definition) is 1. The number of nitrogens with one attached hydrogen (secondary N) is 1. The Kier molecular flexibility index (Phi) is 7.25. The molecule has 0 aliphatic carbocycles. The third-order valence-electron chi connectivity index (χ3n) is 9.11. The van der Waals surface area contributed by atoms with E-state index in [1.807, 2.05) is 11.0 Å². The zero-order valence-corrected chi connectivity index (χ0v) is 25.7. The lowest BCUT2D eigenvalue weighted by atomic mass is 9.90. The Bertz CT molecular complexity index is 1920. The maximum Gasteiger partial charge on any atom is 0.257 e. The summed E-state index contributed by atoms with van der Waals surface area (Å²) in [7, 11) is 0. The highest BCUT2D eigenvalue weighted by Crippen LogP contribution is 2.50. The molecule has 45 heavy (non-hydrogen) atoms. The molecule has 3 aliphatic rings. The SMILES string of the molecule is Cc1nnc(-c2c(CCC3CCOCC3)nc3c(c2-c2cc4ccnc(NCc5cncc(F)c5)c4s2)C(=O)N2CCC[C@H]32)o1. The van der Waals surface area contributed by atoms with Crippen LogP contribution in [0.1, 0.15) is 71.3 Å². The number of amides is 1. The van der Waals surface area contributed by atoms with Crippen molar-refractivity contribution in [3.8, 4) is 21.9 Å². The van der Waals surface area contributed by atoms with Crippen LogP contribution in [0.2, 0.25) is 0 Å². The summed E-state index contributed by atoms with van der Waals surface area (Å²) >= 11 is 1.56. The Labute approximate surface area is 263 Å². The number of thiophene rings is 1. The number of rotatable bonds is 8. The van der Waals surface area contributed by atoms with E-state index in [4.69, 9.17) is 14.1 Å². The second kappa shape index (κ2) is 11.6. The number of hydrogen-bond acceptors (Lipinski definition) is 10. The molecule has 3 aliphatic heterocycles. The van der Waals surface area contributed by atoms with Crippen LogP contribution in [0.3, 0.4) is 0 Å². The number of aromatic nitrogens is 5. The average molecular weight is 626 g/mol. The van der Waals surface area contributed by atoms with Gasteiger partial charge in [0.25, 0.3) is 5.91 Å². The Morgan fingerprint density at radius 2 is 2.00 bits per heavy atom. The molecule has 5 aromatic rings. The van der Waals surface area contributed by atoms with Gasteiger partial charge in [0.1, 0.15) is 11.6 Å². The molecule has 5 aromatic heterocycles. The number of fused-ring (bicyclic) bond motifs is 4. The second-order valence-electron chi connectivity index (χ2n) is 12.0. The number of carbonyl (C=O) groups is 1. The van der Waals surface area contributed by atoms with Crippen LogP contribution in [0.4, 0.5) is 10.2 Å². The Morgan fingerprint density at radius 1 is 1.11 bits per heavy atom. The number of anilines is 1. The third kappa shape index (κ3) is 5.15. The molecule has 1 amide bonds. The molecular weight excluding hydrogens is 593 g/mol. The molecule has 1 atom stereocenters. The highest BCUT2D eigenvalue weighted by molar-refractivity contribution is 7.23. The molecule has 0 bridgehead atoms. The second-order valence-corrected chi connectivity index (χ2v) is 13.1. The summed E-state index contributed by atoms with van der Waals surface area (Å²) in [6.07, 6.45) is 10.2. The van der Waals surface area contributed by atoms with Crippen molar-refractivity contribution in [3.63, 3.8) is 0 Å². The van der Waals surface area contributed by atoms with Gasteiger partial charge in [-0.15, -0.1) is 21.5 Å². The quantitative estimate of drug-likeness (QED) is 0.206. The van der Waals surface area contributed by atoms with Crippen LogP contribution in [0.25, 0.3) is 32.0 Å². The van der Waals surface area contributed by atoms with Gasteiger partial charge in [0, 0.05) is 56.1 Å². The van der Waals surface area contributed by atoms with Crippen molar-refractivity contribution in [1.82, 2.24) is 30.0 Å². The molecule has 0 aromatic carbocycles. The van der Waals surface area contributed by atoms with Crippen molar-refractivity contribution in [2.45, 2.75) is 58.0 Å². The fourth-order valence-electron chi connectivity index (χ4n) is 6.93. The van der Waals surface area contributed by atoms with Gasteiger partial charge in [0.05, 0.1) is 39.5 Å². The number of nitrogens with zero attached hydrogens (tertiary/aromatic N) is 6. The Hall–Kier alpha value is -4.29. The fourth-order valence-corrected chi connectivity index (χ4v) is 8.11. The topological polar surface area (TPSA) is 119 Å². The summed E-state index contributed by atoms with van der Waals surface area (Å²) in [6.45, 7) is 4.45. The van der Waals surface area contributed by atoms with E-state index in [2.05, 4.69) is 31.5 Å². The van der Waals surface area contributed by atoms with Crippen molar-refractivity contribution >= 4 is 33.1 Å². The van der Waals surface area contributed by atoms with Crippen LogP contribution in [0.15, 0.2) is 41.2 Å². The fraction of sp³-hybridized carbons (Fsp3) is 0.394. The van der Waals surface area contributed by atoms with E-state index in [-0.39, 0.29) is 17.8 Å². The molecule has 1 N–H and O–H groups in total. The summed E-state index contributed by atoms with van der Waals surface area (Å²) in [5.41, 5.74) is 4.67. The first-order chi connectivity index (χ1) is 22.0. The highest BCUT2D eigenvalue weighted by atomic mass is 32.1. The van der Waals surface area contributed by atoms with Gasteiger partial charge in [-0.05, 0) is 73.6 Å². The largest absolute Gasteiger partial charge is 0.421 e. The van der Waals surface area contributed by atoms with E-state index in [9.17, 15) is 9.18 Å². The first kappa shape index (κ1) is 28.2. The molecule has 0 radical (unpaired) electrons. The monoisotopic (exact) mass is 625 g/mol. The van der Waals surface area contributed by atoms with E-state index in [1.54, 1.807) is 30.7 Å². The van der Waals surface area contributed by atoms with Crippen molar-refractivity contribution in [3.05, 3.63) is 71.0 Å². The lowest BCUT2D eigenvalue weighted by molar-refractivity contribution is 0.0639. The number of carbonyl (C=O) groups excluding carboxylic acids is 1. The van der Waals surface area contributed by atoms with Crippen molar-refractivity contribution in [1.29, 1.82) is 0 Å². The molecule has 230 valence electrons. The summed E-state index contributed by atoms with van der Waals surface area (Å²) in [5, 5.41) is 13.0. The average Bonchev–Trinajstić information content (AvgIpc) is 3.85. The van der Waals surface area contributed by atoms with Gasteiger partial charge >= 0.3 is 0 Å². The molecule has 8 heterocycles. The zero-order chi connectivity index (χ0) is 30.5. The molecule has 8 rings (SSSR count). The summed E-state index contributed by atoms with van der Waals surface area (Å²) in [6, 6.07) is 5.52. The van der Waals surface area contributed by atoms with Crippen molar-refractivity contribution in [2.75, 3.05) is 25.1 Å². The lowest BCUT2D eigenvalue weighted by Crippen LogP contribution is -2.22. The molecule has 2 saturated heterocycles. The van der Waals surface area contributed by atoms with E-state index in [1.165, 1.54) is 12.3 Å². The van der Waals surface area contributed by atoms with E-state index >= 15 is 0 Å². The van der Waals surface area contributed by atoms with E-state index in [0.717, 1.165) is 95.8 Å². The van der Waals surface area contributed by atoms with Gasteiger partial charge in [-0.3, -0.25) is 14.8 Å². The number of pyridine rings is 3. The highest BCUT2D eigenvalue weighted by Gasteiger charge is 2.45. The van der Waals surface area contributed by atoms with Crippen LogP contribution >= 0.6 is 11.3 Å². The third-order valence-corrected chi connectivity index (χ3v) is 10.3. The van der Waals surface area contributed by atoms with Crippen LogP contribution in [-0.4, -0.2) is 55.7 Å². The maximum absolute atomic E-state index is 14.1. The number of ether oxygens (including phenoxy) is 1. The molecular formula is C33H32FN7O3S. The number of aryl methyl sites for hydroxylation is 2. The molecule has 0 saturated carbocycles. The van der Waals surface area contributed by atoms with Gasteiger partial charge in [-0.2, -0.15) is 0 Å². The lowest BCUT2D eigenvalue weighted by Gasteiger charge is -2.22. The smallest absolute Gasteiger partial charge is 0.257 e. The predicted octanol–water partition coefficient (Wildman–Crippen LogP) is 6.51. The molecule has 0 spiro atoms. The Morgan fingerprint density at radius 3 is 2.82 bits per heavy atom. The summed E-state index contributed by atoms with van der Waals surface area (Å²) in [5.74, 6) is 1.70. The van der Waals surface area contributed by atoms with Crippen LogP contribution in [0.5, 0.6) is 0 Å². The van der Waals surface area contributed by atoms with Crippen molar-refractivity contribution < 1.29 is 18.3 Å². The first-order valence-corrected chi connectivity index (χ1v) is 16.3. The minimum Gasteiger partial charge on any atom is -0.421 e. The van der Waals surface area contributed by atoms with Crippen LogP contribution < -0.4 is 5.32 Å². The van der Waals surface area contributed by atoms with Crippen LogP contribution in [0, 0.1) is 18.7 Å². The molecule has 0 unspecified atom stereocenters. The molecule has 12 heteroatoms. The van der Waals surface area contributed by atoms with Gasteiger partial charge in [-0.1, -0.05) is 0 Å². The minimum atomic E-state index is -0.382. The van der Waals surface area contributed by atoms with Crippen LogP contribution in [-0.2, 0) is 17.7 Å². The van der Waals surface area contributed by atoms with E-state index in [0.29, 0.717) is 41.2 Å². The predicted molar refractivity (Wildman–Crippen MR) is 167 cm³/mol. The van der Waals surface area contributed by atoms with E-state index < -0.39 is 0 Å². The minimum absolute atomic E-state index is 0.0102. The molecule has 2 fully saturated rings. The zero-order valence-electron chi connectivity index (χ0n) is 24.9.